The third-order valence-corrected chi connectivity index (χ3v) is 4.74. The average Bonchev–Trinajstić information content (AvgIpc) is 2.57. The number of aromatic nitrogens is 1. The number of pyridine rings is 1. The Hall–Kier alpha value is -2.12. The van der Waals surface area contributed by atoms with E-state index in [0.717, 1.165) is 11.1 Å². The lowest BCUT2D eigenvalue weighted by Gasteiger charge is -2.15. The van der Waals surface area contributed by atoms with Gasteiger partial charge in [-0.2, -0.15) is 0 Å². The SMILES string of the molecule is CCOc1cc(S(=O)(=O)NCc2cccnc2)c(OCC)cc1C. The summed E-state index contributed by atoms with van der Waals surface area (Å²) in [5.74, 6) is 0.847. The fraction of sp³-hybridized carbons (Fsp3) is 0.353. The van der Waals surface area contributed by atoms with Crippen LogP contribution in [0.25, 0.3) is 0 Å². The number of ether oxygens (including phenoxy) is 2. The maximum atomic E-state index is 12.7. The van der Waals surface area contributed by atoms with E-state index in [4.69, 9.17) is 9.47 Å². The highest BCUT2D eigenvalue weighted by Crippen LogP contribution is 2.32. The molecule has 0 spiro atoms. The molecule has 0 unspecified atom stereocenters. The second-order valence-electron chi connectivity index (χ2n) is 5.12. The second-order valence-corrected chi connectivity index (χ2v) is 6.85. The summed E-state index contributed by atoms with van der Waals surface area (Å²) in [5.41, 5.74) is 1.60. The van der Waals surface area contributed by atoms with E-state index >= 15 is 0 Å². The van der Waals surface area contributed by atoms with E-state index in [2.05, 4.69) is 9.71 Å². The van der Waals surface area contributed by atoms with Gasteiger partial charge in [-0.3, -0.25) is 4.98 Å². The molecule has 0 aliphatic carbocycles. The molecule has 7 heteroatoms. The molecule has 2 rings (SSSR count). The topological polar surface area (TPSA) is 77.5 Å². The molecule has 2 aromatic rings. The van der Waals surface area contributed by atoms with Gasteiger partial charge in [0.15, 0.2) is 0 Å². The van der Waals surface area contributed by atoms with Crippen molar-refractivity contribution in [2.45, 2.75) is 32.2 Å². The van der Waals surface area contributed by atoms with Crippen molar-refractivity contribution >= 4 is 10.0 Å². The first-order valence-electron chi connectivity index (χ1n) is 7.76. The Kier molecular flexibility index (Phi) is 6.16. The molecule has 1 aromatic heterocycles. The Morgan fingerprint density at radius 2 is 1.83 bits per heavy atom. The molecule has 0 aliphatic rings. The van der Waals surface area contributed by atoms with Crippen LogP contribution in [0.4, 0.5) is 0 Å². The molecule has 0 atom stereocenters. The monoisotopic (exact) mass is 350 g/mol. The number of benzene rings is 1. The van der Waals surface area contributed by atoms with Crippen LogP contribution in [-0.2, 0) is 16.6 Å². The van der Waals surface area contributed by atoms with Crippen molar-refractivity contribution in [2.75, 3.05) is 13.2 Å². The quantitative estimate of drug-likeness (QED) is 0.792. The molecule has 0 amide bonds. The first-order chi connectivity index (χ1) is 11.5. The number of rotatable bonds is 8. The number of nitrogens with one attached hydrogen (secondary N) is 1. The van der Waals surface area contributed by atoms with Crippen LogP contribution in [0.3, 0.4) is 0 Å². The van der Waals surface area contributed by atoms with Gasteiger partial charge < -0.3 is 9.47 Å². The summed E-state index contributed by atoms with van der Waals surface area (Å²) < 4.78 is 39.0. The van der Waals surface area contributed by atoms with E-state index in [-0.39, 0.29) is 11.4 Å². The molecule has 0 saturated heterocycles. The summed E-state index contributed by atoms with van der Waals surface area (Å²) in [5, 5.41) is 0. The molecule has 0 saturated carbocycles. The number of sulfonamides is 1. The van der Waals surface area contributed by atoms with Crippen LogP contribution in [0.15, 0.2) is 41.6 Å². The number of hydrogen-bond donors (Lipinski definition) is 1. The third kappa shape index (κ3) is 4.46. The molecule has 130 valence electrons. The van der Waals surface area contributed by atoms with Crippen LogP contribution >= 0.6 is 0 Å². The maximum absolute atomic E-state index is 12.7. The molecule has 0 aliphatic heterocycles. The average molecular weight is 350 g/mol. The third-order valence-electron chi connectivity index (χ3n) is 3.32. The Balaban J connectivity index is 2.34. The van der Waals surface area contributed by atoms with E-state index in [1.165, 1.54) is 6.07 Å². The Bertz CT molecular complexity index is 777. The summed E-state index contributed by atoms with van der Waals surface area (Å²) >= 11 is 0. The van der Waals surface area contributed by atoms with Crippen molar-refractivity contribution in [1.29, 1.82) is 0 Å². The van der Waals surface area contributed by atoms with E-state index in [1.54, 1.807) is 30.6 Å². The molecule has 24 heavy (non-hydrogen) atoms. The lowest BCUT2D eigenvalue weighted by Crippen LogP contribution is -2.24. The molecule has 0 fully saturated rings. The summed E-state index contributed by atoms with van der Waals surface area (Å²) in [6, 6.07) is 6.76. The van der Waals surface area contributed by atoms with Gasteiger partial charge in [-0.05, 0) is 44.0 Å². The fourth-order valence-corrected chi connectivity index (χ4v) is 3.35. The second kappa shape index (κ2) is 8.12. The largest absolute Gasteiger partial charge is 0.494 e. The van der Waals surface area contributed by atoms with Gasteiger partial charge in [-0.15, -0.1) is 0 Å². The van der Waals surface area contributed by atoms with Gasteiger partial charge in [0.05, 0.1) is 13.2 Å². The van der Waals surface area contributed by atoms with E-state index < -0.39 is 10.0 Å². The highest BCUT2D eigenvalue weighted by Gasteiger charge is 2.22. The predicted molar refractivity (Wildman–Crippen MR) is 91.8 cm³/mol. The number of hydrogen-bond acceptors (Lipinski definition) is 5. The summed E-state index contributed by atoms with van der Waals surface area (Å²) in [6.07, 6.45) is 3.26. The predicted octanol–water partition coefficient (Wildman–Crippen LogP) is 2.67. The lowest BCUT2D eigenvalue weighted by molar-refractivity contribution is 0.320. The normalized spacial score (nSPS) is 11.3. The summed E-state index contributed by atoms with van der Waals surface area (Å²) in [6.45, 7) is 6.50. The minimum atomic E-state index is -3.75. The van der Waals surface area contributed by atoms with Crippen LogP contribution in [0.1, 0.15) is 25.0 Å². The first-order valence-corrected chi connectivity index (χ1v) is 9.25. The molecule has 0 radical (unpaired) electrons. The number of aryl methyl sites for hydroxylation is 1. The number of nitrogens with zero attached hydrogens (tertiary/aromatic N) is 1. The lowest BCUT2D eigenvalue weighted by atomic mass is 10.2. The van der Waals surface area contributed by atoms with Crippen LogP contribution in [0, 0.1) is 6.92 Å². The maximum Gasteiger partial charge on any atom is 0.244 e. The van der Waals surface area contributed by atoms with Crippen molar-refractivity contribution in [3.8, 4) is 11.5 Å². The Morgan fingerprint density at radius 1 is 1.12 bits per heavy atom. The van der Waals surface area contributed by atoms with Gasteiger partial charge in [0.25, 0.3) is 0 Å². The minimum absolute atomic E-state index is 0.0716. The fourth-order valence-electron chi connectivity index (χ4n) is 2.19. The zero-order valence-corrected chi connectivity index (χ0v) is 14.9. The summed E-state index contributed by atoms with van der Waals surface area (Å²) in [4.78, 5) is 4.05. The van der Waals surface area contributed by atoms with Gasteiger partial charge in [-0.1, -0.05) is 6.07 Å². The van der Waals surface area contributed by atoms with Crippen LogP contribution in [0.5, 0.6) is 11.5 Å². The molecule has 0 bridgehead atoms. The highest BCUT2D eigenvalue weighted by atomic mass is 32.2. The van der Waals surface area contributed by atoms with Gasteiger partial charge in [0.2, 0.25) is 10.0 Å². The van der Waals surface area contributed by atoms with E-state index in [9.17, 15) is 8.42 Å². The molecular weight excluding hydrogens is 328 g/mol. The van der Waals surface area contributed by atoms with Crippen molar-refractivity contribution in [2.24, 2.45) is 0 Å². The van der Waals surface area contributed by atoms with Gasteiger partial charge in [0.1, 0.15) is 16.4 Å². The standard InChI is InChI=1S/C17H22N2O4S/c1-4-22-15-10-17(16(23-5-2)9-13(15)3)24(20,21)19-12-14-7-6-8-18-11-14/h6-11,19H,4-5,12H2,1-3H3. The van der Waals surface area contributed by atoms with Crippen molar-refractivity contribution in [1.82, 2.24) is 9.71 Å². The highest BCUT2D eigenvalue weighted by molar-refractivity contribution is 7.89. The van der Waals surface area contributed by atoms with E-state index in [1.807, 2.05) is 20.8 Å². The minimum Gasteiger partial charge on any atom is -0.494 e. The van der Waals surface area contributed by atoms with Gasteiger partial charge in [0, 0.05) is 25.0 Å². The molecule has 6 nitrogen and oxygen atoms in total. The van der Waals surface area contributed by atoms with Gasteiger partial charge in [-0.25, -0.2) is 13.1 Å². The van der Waals surface area contributed by atoms with E-state index in [0.29, 0.717) is 24.7 Å². The first kappa shape index (κ1) is 18.2. The summed E-state index contributed by atoms with van der Waals surface area (Å²) in [7, 11) is -3.75. The smallest absolute Gasteiger partial charge is 0.244 e. The van der Waals surface area contributed by atoms with Gasteiger partial charge >= 0.3 is 0 Å². The van der Waals surface area contributed by atoms with Crippen LogP contribution in [0.2, 0.25) is 0 Å². The van der Waals surface area contributed by atoms with Crippen LogP contribution in [-0.4, -0.2) is 26.6 Å². The Labute approximate surface area is 142 Å². The molecular formula is C17H22N2O4S. The molecule has 1 heterocycles. The molecule has 1 aromatic carbocycles. The van der Waals surface area contributed by atoms with Crippen molar-refractivity contribution in [3.63, 3.8) is 0 Å². The zero-order valence-electron chi connectivity index (χ0n) is 14.1. The van der Waals surface area contributed by atoms with Crippen molar-refractivity contribution < 1.29 is 17.9 Å². The zero-order chi connectivity index (χ0) is 17.6. The Morgan fingerprint density at radius 3 is 2.46 bits per heavy atom. The molecule has 1 N–H and O–H groups in total. The van der Waals surface area contributed by atoms with Crippen molar-refractivity contribution in [3.05, 3.63) is 47.8 Å². The van der Waals surface area contributed by atoms with Crippen LogP contribution < -0.4 is 14.2 Å².